The summed E-state index contributed by atoms with van der Waals surface area (Å²) in [5.41, 5.74) is 7.08. The Balaban J connectivity index is 2.23. The van der Waals surface area contributed by atoms with Crippen LogP contribution < -0.4 is 11.1 Å². The van der Waals surface area contributed by atoms with Gasteiger partial charge >= 0.3 is 0 Å². The van der Waals surface area contributed by atoms with Crippen LogP contribution in [0.4, 0.5) is 11.5 Å². The molecule has 6 nitrogen and oxygen atoms in total. The molecular weight excluding hydrogens is 220 g/mol. The van der Waals surface area contributed by atoms with Gasteiger partial charge in [-0.2, -0.15) is 5.10 Å². The van der Waals surface area contributed by atoms with Gasteiger partial charge in [0, 0.05) is 20.3 Å². The van der Waals surface area contributed by atoms with Gasteiger partial charge < -0.3 is 20.9 Å². The molecule has 17 heavy (non-hydrogen) atoms. The molecule has 1 aliphatic rings. The first-order chi connectivity index (χ1) is 8.08. The number of aliphatic hydroxyl groups excluding tert-OH is 1. The van der Waals surface area contributed by atoms with E-state index >= 15 is 0 Å². The van der Waals surface area contributed by atoms with E-state index in [0.29, 0.717) is 18.9 Å². The summed E-state index contributed by atoms with van der Waals surface area (Å²) < 4.78 is 7.04. The average molecular weight is 240 g/mol. The van der Waals surface area contributed by atoms with Crippen LogP contribution in [0.1, 0.15) is 18.5 Å². The summed E-state index contributed by atoms with van der Waals surface area (Å²) in [4.78, 5) is 0. The number of nitrogens with zero attached hydrogens (tertiary/aromatic N) is 2. The summed E-state index contributed by atoms with van der Waals surface area (Å²) in [6.07, 6.45) is 1.54. The Kier molecular flexibility index (Phi) is 3.26. The lowest BCUT2D eigenvalue weighted by molar-refractivity contribution is 0.0377. The first-order valence-corrected chi connectivity index (χ1v) is 5.84. The van der Waals surface area contributed by atoms with Crippen molar-refractivity contribution in [1.82, 2.24) is 9.78 Å². The molecule has 6 heteroatoms. The molecule has 1 aromatic heterocycles. The Morgan fingerprint density at radius 3 is 2.65 bits per heavy atom. The number of hydrogen-bond donors (Lipinski definition) is 3. The normalized spacial score (nSPS) is 19.2. The maximum absolute atomic E-state index is 9.60. The highest BCUT2D eigenvalue weighted by atomic mass is 16.5. The number of ether oxygens (including phenoxy) is 1. The zero-order valence-electron chi connectivity index (χ0n) is 10.4. The molecule has 0 unspecified atom stereocenters. The third-order valence-electron chi connectivity index (χ3n) is 3.40. The molecule has 1 fully saturated rings. The van der Waals surface area contributed by atoms with E-state index in [9.17, 15) is 5.11 Å². The highest BCUT2D eigenvalue weighted by Gasteiger charge is 2.33. The van der Waals surface area contributed by atoms with Crippen LogP contribution in [0.2, 0.25) is 0 Å². The van der Waals surface area contributed by atoms with Gasteiger partial charge in [-0.05, 0) is 19.8 Å². The third-order valence-corrected chi connectivity index (χ3v) is 3.40. The number of aryl methyl sites for hydroxylation is 2. The molecule has 0 bridgehead atoms. The van der Waals surface area contributed by atoms with Crippen molar-refractivity contribution in [3.8, 4) is 0 Å². The van der Waals surface area contributed by atoms with E-state index in [-0.39, 0.29) is 12.1 Å². The van der Waals surface area contributed by atoms with Crippen LogP contribution >= 0.6 is 0 Å². The fourth-order valence-electron chi connectivity index (χ4n) is 2.16. The molecule has 1 saturated heterocycles. The van der Waals surface area contributed by atoms with Crippen molar-refractivity contribution in [1.29, 1.82) is 0 Å². The number of aromatic nitrogens is 2. The van der Waals surface area contributed by atoms with Gasteiger partial charge in [-0.3, -0.25) is 4.68 Å². The molecular formula is C11H20N4O2. The molecule has 1 aliphatic heterocycles. The van der Waals surface area contributed by atoms with E-state index in [0.717, 1.165) is 24.4 Å². The predicted octanol–water partition coefficient (Wildman–Crippen LogP) is 0.264. The maximum atomic E-state index is 9.60. The molecule has 0 saturated carbocycles. The quantitative estimate of drug-likeness (QED) is 0.706. The van der Waals surface area contributed by atoms with Gasteiger partial charge in [-0.1, -0.05) is 0 Å². The highest BCUT2D eigenvalue weighted by Crippen LogP contribution is 2.29. The van der Waals surface area contributed by atoms with E-state index in [1.54, 1.807) is 4.68 Å². The molecule has 0 aliphatic carbocycles. The molecule has 4 N–H and O–H groups in total. The monoisotopic (exact) mass is 240 g/mol. The molecule has 2 rings (SSSR count). The summed E-state index contributed by atoms with van der Waals surface area (Å²) in [5.74, 6) is 0.776. The Morgan fingerprint density at radius 1 is 1.53 bits per heavy atom. The number of nitrogen functional groups attached to an aromatic ring is 1. The Bertz CT molecular complexity index is 396. The van der Waals surface area contributed by atoms with Crippen LogP contribution in [0.25, 0.3) is 0 Å². The van der Waals surface area contributed by atoms with Gasteiger partial charge in [0.05, 0.1) is 23.5 Å². The summed E-state index contributed by atoms with van der Waals surface area (Å²) in [7, 11) is 1.84. The number of nitrogens with one attached hydrogen (secondary N) is 1. The predicted molar refractivity (Wildman–Crippen MR) is 65.8 cm³/mol. The van der Waals surface area contributed by atoms with Crippen molar-refractivity contribution in [2.24, 2.45) is 7.05 Å². The molecule has 96 valence electrons. The van der Waals surface area contributed by atoms with Crippen LogP contribution in [0.15, 0.2) is 0 Å². The number of rotatable bonds is 3. The first-order valence-electron chi connectivity index (χ1n) is 5.84. The highest BCUT2D eigenvalue weighted by molar-refractivity contribution is 5.65. The van der Waals surface area contributed by atoms with Crippen LogP contribution in [0, 0.1) is 6.92 Å². The molecule has 0 radical (unpaired) electrons. The van der Waals surface area contributed by atoms with Gasteiger partial charge in [-0.25, -0.2) is 0 Å². The lowest BCUT2D eigenvalue weighted by Crippen LogP contribution is -2.47. The van der Waals surface area contributed by atoms with E-state index in [1.165, 1.54) is 0 Å². The van der Waals surface area contributed by atoms with Crippen molar-refractivity contribution < 1.29 is 9.84 Å². The van der Waals surface area contributed by atoms with E-state index in [1.807, 2.05) is 14.0 Å². The Hall–Kier alpha value is -1.27. The fraction of sp³-hybridized carbons (Fsp3) is 0.727. The number of aliphatic hydroxyl groups is 1. The van der Waals surface area contributed by atoms with E-state index in [4.69, 9.17) is 10.5 Å². The van der Waals surface area contributed by atoms with Crippen LogP contribution in [-0.4, -0.2) is 40.2 Å². The van der Waals surface area contributed by atoms with Crippen LogP contribution in [-0.2, 0) is 11.8 Å². The lowest BCUT2D eigenvalue weighted by Gasteiger charge is -2.37. The minimum Gasteiger partial charge on any atom is -0.394 e. The summed E-state index contributed by atoms with van der Waals surface area (Å²) in [6, 6.07) is 0. The Morgan fingerprint density at radius 2 is 2.18 bits per heavy atom. The number of anilines is 2. The van der Waals surface area contributed by atoms with Crippen LogP contribution in [0.3, 0.4) is 0 Å². The molecule has 0 aromatic carbocycles. The SMILES string of the molecule is Cc1nn(C)c(NC2(CO)CCOCC2)c1N. The summed E-state index contributed by atoms with van der Waals surface area (Å²) in [6.45, 7) is 3.25. The second-order valence-corrected chi connectivity index (χ2v) is 4.65. The minimum absolute atomic E-state index is 0.0695. The van der Waals surface area contributed by atoms with Crippen molar-refractivity contribution >= 4 is 11.5 Å². The van der Waals surface area contributed by atoms with Crippen molar-refractivity contribution in [3.63, 3.8) is 0 Å². The zero-order chi connectivity index (χ0) is 12.5. The topological polar surface area (TPSA) is 85.3 Å². The first kappa shape index (κ1) is 12.2. The third kappa shape index (κ3) is 2.23. The second kappa shape index (κ2) is 4.54. The van der Waals surface area contributed by atoms with Crippen molar-refractivity contribution in [3.05, 3.63) is 5.69 Å². The summed E-state index contributed by atoms with van der Waals surface area (Å²) >= 11 is 0. The largest absolute Gasteiger partial charge is 0.394 e. The second-order valence-electron chi connectivity index (χ2n) is 4.65. The van der Waals surface area contributed by atoms with Crippen LogP contribution in [0.5, 0.6) is 0 Å². The molecule has 0 amide bonds. The standard InChI is InChI=1S/C11H20N4O2/c1-8-9(12)10(15(2)14-8)13-11(7-16)3-5-17-6-4-11/h13,16H,3-7,12H2,1-2H3. The maximum Gasteiger partial charge on any atom is 0.148 e. The van der Waals surface area contributed by atoms with Gasteiger partial charge in [0.2, 0.25) is 0 Å². The van der Waals surface area contributed by atoms with Gasteiger partial charge in [0.1, 0.15) is 5.82 Å². The number of nitrogens with two attached hydrogens (primary N) is 1. The van der Waals surface area contributed by atoms with Gasteiger partial charge in [0.15, 0.2) is 0 Å². The Labute approximate surface area is 101 Å². The van der Waals surface area contributed by atoms with E-state index < -0.39 is 0 Å². The smallest absolute Gasteiger partial charge is 0.148 e. The average Bonchev–Trinajstić information content (AvgIpc) is 2.57. The molecule has 0 spiro atoms. The van der Waals surface area contributed by atoms with Crippen molar-refractivity contribution in [2.45, 2.75) is 25.3 Å². The molecule has 2 heterocycles. The van der Waals surface area contributed by atoms with Crippen molar-refractivity contribution in [2.75, 3.05) is 30.9 Å². The lowest BCUT2D eigenvalue weighted by atomic mass is 9.91. The molecule has 1 aromatic rings. The molecule has 0 atom stereocenters. The number of hydrogen-bond acceptors (Lipinski definition) is 5. The zero-order valence-corrected chi connectivity index (χ0v) is 10.4. The summed E-state index contributed by atoms with van der Waals surface area (Å²) in [5, 5.41) is 17.2. The van der Waals surface area contributed by atoms with Gasteiger partial charge in [0.25, 0.3) is 0 Å². The minimum atomic E-state index is -0.341. The van der Waals surface area contributed by atoms with Gasteiger partial charge in [-0.15, -0.1) is 0 Å². The van der Waals surface area contributed by atoms with E-state index in [2.05, 4.69) is 10.4 Å². The fourth-order valence-corrected chi connectivity index (χ4v) is 2.16.